The van der Waals surface area contributed by atoms with Crippen LogP contribution in [-0.4, -0.2) is 35.5 Å². The van der Waals surface area contributed by atoms with E-state index in [0.717, 1.165) is 29.8 Å². The van der Waals surface area contributed by atoms with Crippen LogP contribution >= 0.6 is 0 Å². The quantitative estimate of drug-likeness (QED) is 0.398. The number of benzene rings is 1. The molecule has 36 heavy (non-hydrogen) atoms. The van der Waals surface area contributed by atoms with E-state index in [4.69, 9.17) is 4.98 Å². The van der Waals surface area contributed by atoms with E-state index in [-0.39, 0.29) is 22.6 Å². The molecule has 4 aromatic rings. The number of aromatic nitrogens is 6. The third-order valence-corrected chi connectivity index (χ3v) is 8.22. The molecule has 0 unspecified atom stereocenters. The average Bonchev–Trinajstić information content (AvgIpc) is 3.52. The Balaban J connectivity index is 1.47. The number of nitrogens with one attached hydrogen (secondary N) is 1. The molecule has 1 aromatic carbocycles. The van der Waals surface area contributed by atoms with Gasteiger partial charge in [0.2, 0.25) is 0 Å². The number of aromatic amines is 1. The number of rotatable bonds is 5. The molecule has 7 nitrogen and oxygen atoms in total. The smallest absolute Gasteiger partial charge is 0.179 e. The average molecular weight is 489 g/mol. The minimum atomic E-state index is -0.739. The fourth-order valence-electron chi connectivity index (χ4n) is 6.28. The minimum Gasteiger partial charge on any atom is -0.385 e. The summed E-state index contributed by atoms with van der Waals surface area (Å²) in [6.45, 7) is 6.27. The molecule has 2 bridgehead atoms. The van der Waals surface area contributed by atoms with Crippen LogP contribution < -0.4 is 0 Å². The second kappa shape index (κ2) is 7.96. The molecule has 6 rings (SSSR count). The van der Waals surface area contributed by atoms with Crippen LogP contribution in [0.1, 0.15) is 74.8 Å². The molecular weight excluding hydrogens is 462 g/mol. The molecule has 0 aliphatic heterocycles. The molecule has 0 saturated heterocycles. The molecule has 2 aliphatic carbocycles. The molecule has 2 aliphatic rings. The van der Waals surface area contributed by atoms with Gasteiger partial charge in [0.1, 0.15) is 23.4 Å². The molecule has 9 heteroatoms. The number of hydrogen-bond acceptors (Lipinski definition) is 6. The number of aliphatic hydroxyl groups is 1. The lowest BCUT2D eigenvalue weighted by atomic mass is 9.66. The van der Waals surface area contributed by atoms with Gasteiger partial charge in [0.15, 0.2) is 11.6 Å². The van der Waals surface area contributed by atoms with Crippen molar-refractivity contribution in [1.82, 2.24) is 30.4 Å². The SMILES string of the molecule is CC[C@@H](O)c1n[nH]c(-c2cccc([C@]34CC[C@@H](c5cc(-c6c(F)cccc6F)nnc53)C4(C)C)n2)n1. The van der Waals surface area contributed by atoms with Crippen LogP contribution in [0.2, 0.25) is 0 Å². The number of pyridine rings is 1. The lowest BCUT2D eigenvalue weighted by molar-refractivity contribution is 0.164. The standard InChI is InChI=1S/C27H26F2N6O/c1-4-20(36)25-31-24(34-35-25)18-9-6-10-21(30-18)27-12-11-15(26(27,2)3)14-13-19(32-33-23(14)27)22-16(28)7-5-8-17(22)29/h5-10,13,15,20,36H,4,11-12H2,1-3H3,(H,31,34,35)/t15-,20+,27+/m0/s1. The first-order valence-electron chi connectivity index (χ1n) is 12.2. The third-order valence-electron chi connectivity index (χ3n) is 8.22. The van der Waals surface area contributed by atoms with E-state index in [0.29, 0.717) is 23.8 Å². The Morgan fingerprint density at radius 2 is 1.81 bits per heavy atom. The highest BCUT2D eigenvalue weighted by Gasteiger charge is 2.65. The normalized spacial score (nSPS) is 22.6. The molecule has 0 amide bonds. The van der Waals surface area contributed by atoms with Crippen LogP contribution in [0.5, 0.6) is 0 Å². The maximum atomic E-state index is 14.5. The number of halogens is 2. The number of fused-ring (bicyclic) bond motifs is 5. The van der Waals surface area contributed by atoms with Crippen molar-refractivity contribution < 1.29 is 13.9 Å². The number of H-pyrrole nitrogens is 1. The van der Waals surface area contributed by atoms with Gasteiger partial charge in [0.05, 0.1) is 28.1 Å². The van der Waals surface area contributed by atoms with Crippen molar-refractivity contribution >= 4 is 0 Å². The second-order valence-electron chi connectivity index (χ2n) is 10.2. The summed E-state index contributed by atoms with van der Waals surface area (Å²) < 4.78 is 29.0. The number of hydrogen-bond donors (Lipinski definition) is 2. The second-order valence-corrected chi connectivity index (χ2v) is 10.2. The summed E-state index contributed by atoms with van der Waals surface area (Å²) in [5, 5.41) is 26.0. The van der Waals surface area contributed by atoms with Crippen molar-refractivity contribution in [1.29, 1.82) is 0 Å². The van der Waals surface area contributed by atoms with Gasteiger partial charge in [0, 0.05) is 0 Å². The van der Waals surface area contributed by atoms with E-state index in [1.807, 2.05) is 25.1 Å². The van der Waals surface area contributed by atoms with Crippen LogP contribution in [0.3, 0.4) is 0 Å². The van der Waals surface area contributed by atoms with Crippen LogP contribution in [0.4, 0.5) is 8.78 Å². The van der Waals surface area contributed by atoms with Gasteiger partial charge in [-0.25, -0.2) is 18.7 Å². The van der Waals surface area contributed by atoms with Gasteiger partial charge in [-0.05, 0) is 66.5 Å². The number of aliphatic hydroxyl groups excluding tert-OH is 1. The van der Waals surface area contributed by atoms with E-state index in [9.17, 15) is 13.9 Å². The zero-order chi connectivity index (χ0) is 25.2. The predicted molar refractivity (Wildman–Crippen MR) is 129 cm³/mol. The summed E-state index contributed by atoms with van der Waals surface area (Å²) in [4.78, 5) is 9.44. The Kier molecular flexibility index (Phi) is 5.05. The fourth-order valence-corrected chi connectivity index (χ4v) is 6.28. The van der Waals surface area contributed by atoms with Crippen molar-refractivity contribution in [2.45, 2.75) is 57.5 Å². The Morgan fingerprint density at radius 1 is 1.06 bits per heavy atom. The van der Waals surface area contributed by atoms with Crippen molar-refractivity contribution in [2.75, 3.05) is 0 Å². The Morgan fingerprint density at radius 3 is 2.56 bits per heavy atom. The largest absolute Gasteiger partial charge is 0.385 e. The van der Waals surface area contributed by atoms with E-state index < -0.39 is 23.2 Å². The molecule has 3 aromatic heterocycles. The molecule has 2 N–H and O–H groups in total. The first-order chi connectivity index (χ1) is 17.3. The Hall–Kier alpha value is -3.59. The summed E-state index contributed by atoms with van der Waals surface area (Å²) in [6, 6.07) is 11.4. The molecule has 184 valence electrons. The van der Waals surface area contributed by atoms with Gasteiger partial charge in [-0.1, -0.05) is 32.9 Å². The lowest BCUT2D eigenvalue weighted by Crippen LogP contribution is -2.37. The van der Waals surface area contributed by atoms with E-state index in [1.54, 1.807) is 6.07 Å². The molecular formula is C27H26F2N6O. The van der Waals surface area contributed by atoms with E-state index in [2.05, 4.69) is 39.2 Å². The summed E-state index contributed by atoms with van der Waals surface area (Å²) >= 11 is 0. The maximum Gasteiger partial charge on any atom is 0.179 e. The Bertz CT molecular complexity index is 1460. The highest BCUT2D eigenvalue weighted by atomic mass is 19.1. The van der Waals surface area contributed by atoms with Crippen molar-refractivity contribution in [2.24, 2.45) is 5.41 Å². The van der Waals surface area contributed by atoms with Crippen molar-refractivity contribution in [3.05, 3.63) is 76.9 Å². The monoisotopic (exact) mass is 488 g/mol. The zero-order valence-electron chi connectivity index (χ0n) is 20.3. The van der Waals surface area contributed by atoms with Crippen LogP contribution in [0, 0.1) is 17.0 Å². The van der Waals surface area contributed by atoms with Gasteiger partial charge in [-0.3, -0.25) is 5.10 Å². The maximum absolute atomic E-state index is 14.5. The predicted octanol–water partition coefficient (Wildman–Crippen LogP) is 5.25. The highest BCUT2D eigenvalue weighted by Crippen LogP contribution is 2.69. The lowest BCUT2D eigenvalue weighted by Gasteiger charge is -2.37. The molecule has 3 atom stereocenters. The zero-order valence-corrected chi connectivity index (χ0v) is 20.3. The van der Waals surface area contributed by atoms with E-state index in [1.165, 1.54) is 18.2 Å². The van der Waals surface area contributed by atoms with Gasteiger partial charge < -0.3 is 5.11 Å². The third kappa shape index (κ3) is 3.01. The summed E-state index contributed by atoms with van der Waals surface area (Å²) in [5.74, 6) is -0.341. The number of nitrogens with zero attached hydrogens (tertiary/aromatic N) is 5. The molecule has 0 radical (unpaired) electrons. The first kappa shape index (κ1) is 22.8. The molecule has 1 fully saturated rings. The van der Waals surface area contributed by atoms with Gasteiger partial charge in [-0.2, -0.15) is 10.2 Å². The van der Waals surface area contributed by atoms with Crippen LogP contribution in [0.25, 0.3) is 22.8 Å². The van der Waals surface area contributed by atoms with Crippen molar-refractivity contribution in [3.63, 3.8) is 0 Å². The molecule has 0 spiro atoms. The first-order valence-corrected chi connectivity index (χ1v) is 12.2. The van der Waals surface area contributed by atoms with E-state index >= 15 is 0 Å². The summed E-state index contributed by atoms with van der Waals surface area (Å²) in [7, 11) is 0. The highest BCUT2D eigenvalue weighted by molar-refractivity contribution is 5.64. The van der Waals surface area contributed by atoms with Gasteiger partial charge in [0.25, 0.3) is 0 Å². The van der Waals surface area contributed by atoms with Gasteiger partial charge >= 0.3 is 0 Å². The van der Waals surface area contributed by atoms with Crippen molar-refractivity contribution in [3.8, 4) is 22.8 Å². The minimum absolute atomic E-state index is 0.152. The fraction of sp³-hybridized carbons (Fsp3) is 0.370. The molecule has 1 saturated carbocycles. The Labute approximate surface area is 207 Å². The topological polar surface area (TPSA) is 100 Å². The van der Waals surface area contributed by atoms with Crippen LogP contribution in [-0.2, 0) is 5.41 Å². The molecule has 3 heterocycles. The van der Waals surface area contributed by atoms with Crippen LogP contribution in [0.15, 0.2) is 42.5 Å². The summed E-state index contributed by atoms with van der Waals surface area (Å²) in [5.41, 5.74) is 2.55. The summed E-state index contributed by atoms with van der Waals surface area (Å²) in [6.07, 6.45) is 1.52. The van der Waals surface area contributed by atoms with Gasteiger partial charge in [-0.15, -0.1) is 5.10 Å².